The summed E-state index contributed by atoms with van der Waals surface area (Å²) in [5, 5.41) is 2.90. The monoisotopic (exact) mass is 237 g/mol. The molecular formula is C12H16FN3O. The van der Waals surface area contributed by atoms with E-state index in [-0.39, 0.29) is 17.6 Å². The fraction of sp³-hybridized carbons (Fsp3) is 0.417. The van der Waals surface area contributed by atoms with Crippen molar-refractivity contribution < 1.29 is 9.18 Å². The van der Waals surface area contributed by atoms with E-state index in [1.807, 2.05) is 7.05 Å². The van der Waals surface area contributed by atoms with Crippen LogP contribution in [0.15, 0.2) is 18.2 Å². The van der Waals surface area contributed by atoms with Crippen LogP contribution in [-0.4, -0.2) is 37.0 Å². The van der Waals surface area contributed by atoms with Gasteiger partial charge in [-0.1, -0.05) is 0 Å². The zero-order valence-electron chi connectivity index (χ0n) is 9.74. The van der Waals surface area contributed by atoms with Gasteiger partial charge in [0.05, 0.1) is 5.56 Å². The quantitative estimate of drug-likeness (QED) is 0.749. The van der Waals surface area contributed by atoms with Crippen molar-refractivity contribution in [3.63, 3.8) is 0 Å². The minimum atomic E-state index is -0.431. The fourth-order valence-corrected chi connectivity index (χ4v) is 2.06. The van der Waals surface area contributed by atoms with Crippen molar-refractivity contribution in [3.05, 3.63) is 29.6 Å². The molecule has 5 heteroatoms. The second kappa shape index (κ2) is 4.71. The molecule has 1 aromatic carbocycles. The zero-order chi connectivity index (χ0) is 12.4. The van der Waals surface area contributed by atoms with Gasteiger partial charge in [-0.2, -0.15) is 0 Å². The van der Waals surface area contributed by atoms with Gasteiger partial charge in [0.2, 0.25) is 0 Å². The van der Waals surface area contributed by atoms with E-state index in [1.165, 1.54) is 12.1 Å². The highest BCUT2D eigenvalue weighted by Crippen LogP contribution is 2.14. The van der Waals surface area contributed by atoms with Crippen molar-refractivity contribution in [1.82, 2.24) is 10.2 Å². The van der Waals surface area contributed by atoms with E-state index in [0.717, 1.165) is 25.6 Å². The van der Waals surface area contributed by atoms with Crippen LogP contribution in [0.3, 0.4) is 0 Å². The molecule has 1 fully saturated rings. The molecule has 1 aliphatic heterocycles. The number of hydrogen-bond donors (Lipinski definition) is 2. The average molecular weight is 237 g/mol. The number of halogens is 1. The number of anilines is 1. The summed E-state index contributed by atoms with van der Waals surface area (Å²) in [6.45, 7) is 1.82. The third-order valence-electron chi connectivity index (χ3n) is 2.98. The van der Waals surface area contributed by atoms with E-state index in [9.17, 15) is 9.18 Å². The lowest BCUT2D eigenvalue weighted by Gasteiger charge is -2.13. The SMILES string of the molecule is CN1CCC(NC(=O)c2ccc(F)cc2N)C1. The number of nitrogen functional groups attached to an aromatic ring is 1. The summed E-state index contributed by atoms with van der Waals surface area (Å²) < 4.78 is 12.8. The number of amides is 1. The van der Waals surface area contributed by atoms with Crippen molar-refractivity contribution in [2.45, 2.75) is 12.5 Å². The number of rotatable bonds is 2. The Morgan fingerprint density at radius 1 is 1.59 bits per heavy atom. The van der Waals surface area contributed by atoms with Gasteiger partial charge >= 0.3 is 0 Å². The molecule has 1 aromatic rings. The molecule has 17 heavy (non-hydrogen) atoms. The molecular weight excluding hydrogens is 221 g/mol. The van der Waals surface area contributed by atoms with E-state index in [4.69, 9.17) is 5.73 Å². The Hall–Kier alpha value is -1.62. The summed E-state index contributed by atoms with van der Waals surface area (Å²) in [5.74, 6) is -0.664. The van der Waals surface area contributed by atoms with Crippen LogP contribution in [0, 0.1) is 5.82 Å². The second-order valence-electron chi connectivity index (χ2n) is 4.45. The van der Waals surface area contributed by atoms with Gasteiger partial charge in [-0.15, -0.1) is 0 Å². The van der Waals surface area contributed by atoms with E-state index >= 15 is 0 Å². The number of likely N-dealkylation sites (tertiary alicyclic amines) is 1. The summed E-state index contributed by atoms with van der Waals surface area (Å²) in [6.07, 6.45) is 0.934. The summed E-state index contributed by atoms with van der Waals surface area (Å²) in [6, 6.07) is 3.97. The molecule has 3 N–H and O–H groups in total. The third kappa shape index (κ3) is 2.74. The topological polar surface area (TPSA) is 58.4 Å². The van der Waals surface area contributed by atoms with Crippen molar-refractivity contribution in [2.75, 3.05) is 25.9 Å². The van der Waals surface area contributed by atoms with Gasteiger partial charge in [-0.05, 0) is 38.2 Å². The predicted octanol–water partition coefficient (Wildman–Crippen LogP) is 0.842. The minimum absolute atomic E-state index is 0.150. The maximum absolute atomic E-state index is 12.8. The highest BCUT2D eigenvalue weighted by molar-refractivity contribution is 5.99. The zero-order valence-corrected chi connectivity index (χ0v) is 9.74. The Kier molecular flexibility index (Phi) is 3.28. The van der Waals surface area contributed by atoms with E-state index in [0.29, 0.717) is 5.56 Å². The Morgan fingerprint density at radius 3 is 2.94 bits per heavy atom. The number of likely N-dealkylation sites (N-methyl/N-ethyl adjacent to an activating group) is 1. The summed E-state index contributed by atoms with van der Waals surface area (Å²) in [5.41, 5.74) is 6.12. The second-order valence-corrected chi connectivity index (χ2v) is 4.45. The highest BCUT2D eigenvalue weighted by Gasteiger charge is 2.22. The molecule has 0 saturated carbocycles. The van der Waals surface area contributed by atoms with Gasteiger partial charge < -0.3 is 16.0 Å². The molecule has 0 aromatic heterocycles. The van der Waals surface area contributed by atoms with Crippen LogP contribution in [-0.2, 0) is 0 Å². The van der Waals surface area contributed by atoms with Crippen LogP contribution in [0.5, 0.6) is 0 Å². The Morgan fingerprint density at radius 2 is 2.35 bits per heavy atom. The molecule has 0 spiro atoms. The van der Waals surface area contributed by atoms with Gasteiger partial charge in [0.25, 0.3) is 5.91 Å². The minimum Gasteiger partial charge on any atom is -0.398 e. The number of nitrogens with two attached hydrogens (primary N) is 1. The molecule has 1 unspecified atom stereocenters. The van der Waals surface area contributed by atoms with Crippen molar-refractivity contribution in [3.8, 4) is 0 Å². The number of carbonyl (C=O) groups is 1. The van der Waals surface area contributed by atoms with Crippen molar-refractivity contribution >= 4 is 11.6 Å². The van der Waals surface area contributed by atoms with Crippen LogP contribution < -0.4 is 11.1 Å². The lowest BCUT2D eigenvalue weighted by atomic mass is 10.1. The standard InChI is InChI=1S/C12H16FN3O/c1-16-5-4-9(7-16)15-12(17)10-3-2-8(13)6-11(10)14/h2-3,6,9H,4-5,7,14H2,1H3,(H,15,17). The van der Waals surface area contributed by atoms with E-state index < -0.39 is 5.82 Å². The first-order chi connectivity index (χ1) is 8.06. The van der Waals surface area contributed by atoms with Crippen LogP contribution in [0.25, 0.3) is 0 Å². The molecule has 4 nitrogen and oxygen atoms in total. The van der Waals surface area contributed by atoms with Gasteiger partial charge in [-0.25, -0.2) is 4.39 Å². The number of carbonyl (C=O) groups excluding carboxylic acids is 1. The lowest BCUT2D eigenvalue weighted by molar-refractivity contribution is 0.0939. The summed E-state index contributed by atoms with van der Waals surface area (Å²) >= 11 is 0. The van der Waals surface area contributed by atoms with Crippen LogP contribution in [0.2, 0.25) is 0 Å². The summed E-state index contributed by atoms with van der Waals surface area (Å²) in [7, 11) is 2.01. The molecule has 1 atom stereocenters. The largest absolute Gasteiger partial charge is 0.398 e. The first-order valence-electron chi connectivity index (χ1n) is 5.60. The van der Waals surface area contributed by atoms with Crippen LogP contribution in [0.4, 0.5) is 10.1 Å². The first-order valence-corrected chi connectivity index (χ1v) is 5.60. The van der Waals surface area contributed by atoms with Gasteiger partial charge in [0.1, 0.15) is 5.82 Å². The predicted molar refractivity (Wildman–Crippen MR) is 64.2 cm³/mol. The highest BCUT2D eigenvalue weighted by atomic mass is 19.1. The first kappa shape index (κ1) is 11.9. The smallest absolute Gasteiger partial charge is 0.253 e. The normalized spacial score (nSPS) is 20.5. The van der Waals surface area contributed by atoms with Gasteiger partial charge in [0, 0.05) is 18.3 Å². The molecule has 0 bridgehead atoms. The maximum Gasteiger partial charge on any atom is 0.253 e. The van der Waals surface area contributed by atoms with Crippen LogP contribution in [0.1, 0.15) is 16.8 Å². The maximum atomic E-state index is 12.8. The Labute approximate surface area is 99.6 Å². The van der Waals surface area contributed by atoms with Crippen LogP contribution >= 0.6 is 0 Å². The number of nitrogens with one attached hydrogen (secondary N) is 1. The number of nitrogens with zero attached hydrogens (tertiary/aromatic N) is 1. The van der Waals surface area contributed by atoms with E-state index in [2.05, 4.69) is 10.2 Å². The summed E-state index contributed by atoms with van der Waals surface area (Å²) in [4.78, 5) is 14.1. The number of hydrogen-bond acceptors (Lipinski definition) is 3. The van der Waals surface area contributed by atoms with Gasteiger partial charge in [-0.3, -0.25) is 4.79 Å². The molecule has 1 aliphatic rings. The molecule has 1 heterocycles. The van der Waals surface area contributed by atoms with Crippen molar-refractivity contribution in [1.29, 1.82) is 0 Å². The molecule has 0 aliphatic carbocycles. The Bertz CT molecular complexity index is 436. The molecule has 1 amide bonds. The third-order valence-corrected chi connectivity index (χ3v) is 2.98. The van der Waals surface area contributed by atoms with E-state index in [1.54, 1.807) is 0 Å². The fourth-order valence-electron chi connectivity index (χ4n) is 2.06. The molecule has 2 rings (SSSR count). The van der Waals surface area contributed by atoms with Gasteiger partial charge in [0.15, 0.2) is 0 Å². The molecule has 0 radical (unpaired) electrons. The molecule has 1 saturated heterocycles. The Balaban J connectivity index is 2.04. The molecule has 92 valence electrons. The average Bonchev–Trinajstić information content (AvgIpc) is 2.63. The lowest BCUT2D eigenvalue weighted by Crippen LogP contribution is -2.36. The van der Waals surface area contributed by atoms with Crippen molar-refractivity contribution in [2.24, 2.45) is 0 Å². The number of benzene rings is 1.